The van der Waals surface area contributed by atoms with E-state index in [1.54, 1.807) is 25.6 Å². The van der Waals surface area contributed by atoms with Gasteiger partial charge in [0.15, 0.2) is 0 Å². The number of fused-ring (bicyclic) bond motifs is 1. The van der Waals surface area contributed by atoms with E-state index in [0.717, 1.165) is 11.5 Å². The molecule has 4 rings (SSSR count). The lowest BCUT2D eigenvalue weighted by Crippen LogP contribution is -1.82. The van der Waals surface area contributed by atoms with Crippen molar-refractivity contribution in [2.75, 3.05) is 14.2 Å². The van der Waals surface area contributed by atoms with Crippen LogP contribution in [0.1, 0.15) is 0 Å². The highest BCUT2D eigenvalue weighted by molar-refractivity contribution is 7.18. The molecule has 0 saturated carbocycles. The van der Waals surface area contributed by atoms with Gasteiger partial charge in [0.1, 0.15) is 11.5 Å². The fourth-order valence-corrected chi connectivity index (χ4v) is 3.92. The second-order valence-corrected chi connectivity index (χ2v) is 6.90. The molecule has 0 aliphatic rings. The summed E-state index contributed by atoms with van der Waals surface area (Å²) in [7, 11) is 3.38. The third kappa shape index (κ3) is 3.11. The first-order valence-corrected chi connectivity index (χ1v) is 8.91. The van der Waals surface area contributed by atoms with E-state index in [4.69, 9.17) is 9.47 Å². The number of hydrogen-bond acceptors (Lipinski definition) is 3. The molecule has 0 atom stereocenters. The van der Waals surface area contributed by atoms with Crippen molar-refractivity contribution in [3.8, 4) is 32.4 Å². The van der Waals surface area contributed by atoms with Gasteiger partial charge in [0.25, 0.3) is 0 Å². The second-order valence-electron chi connectivity index (χ2n) is 5.82. The van der Waals surface area contributed by atoms with Gasteiger partial charge in [0.05, 0.1) is 14.2 Å². The summed E-state index contributed by atoms with van der Waals surface area (Å²) in [5.41, 5.74) is 2.45. The van der Waals surface area contributed by atoms with Crippen LogP contribution in [0.3, 0.4) is 0 Å². The number of hydrogen-bond donors (Lipinski definition) is 0. The fourth-order valence-electron chi connectivity index (χ4n) is 2.91. The first-order chi connectivity index (χ1) is 12.3. The molecule has 2 nitrogen and oxygen atoms in total. The van der Waals surface area contributed by atoms with Crippen LogP contribution in [-0.2, 0) is 0 Å². The van der Waals surface area contributed by atoms with Gasteiger partial charge in [0, 0.05) is 9.75 Å². The molecule has 0 fully saturated rings. The molecular formula is C22H18O2S. The van der Waals surface area contributed by atoms with Crippen molar-refractivity contribution in [1.82, 2.24) is 0 Å². The minimum atomic E-state index is 0.880. The predicted molar refractivity (Wildman–Crippen MR) is 106 cm³/mol. The molecule has 1 heterocycles. The number of ether oxygens (including phenoxy) is 2. The molecule has 4 aromatic rings. The summed E-state index contributed by atoms with van der Waals surface area (Å²) in [6.07, 6.45) is 0. The number of thiophene rings is 1. The van der Waals surface area contributed by atoms with Crippen LogP contribution in [0.5, 0.6) is 11.5 Å². The van der Waals surface area contributed by atoms with E-state index in [1.807, 2.05) is 18.2 Å². The van der Waals surface area contributed by atoms with Gasteiger partial charge in [-0.15, -0.1) is 11.3 Å². The van der Waals surface area contributed by atoms with Crippen LogP contribution in [0, 0.1) is 0 Å². The minimum Gasteiger partial charge on any atom is -0.497 e. The fraction of sp³-hybridized carbons (Fsp3) is 0.0909. The Labute approximate surface area is 151 Å². The van der Waals surface area contributed by atoms with Gasteiger partial charge in [-0.25, -0.2) is 0 Å². The zero-order chi connectivity index (χ0) is 17.2. The van der Waals surface area contributed by atoms with Crippen molar-refractivity contribution in [3.05, 3.63) is 72.8 Å². The summed E-state index contributed by atoms with van der Waals surface area (Å²) in [6.45, 7) is 0. The molecule has 0 aliphatic carbocycles. The topological polar surface area (TPSA) is 18.5 Å². The highest BCUT2D eigenvalue weighted by atomic mass is 32.1. The van der Waals surface area contributed by atoms with Crippen LogP contribution < -0.4 is 9.47 Å². The Hall–Kier alpha value is -2.78. The molecule has 124 valence electrons. The summed E-state index contributed by atoms with van der Waals surface area (Å²) in [6, 6.07) is 25.3. The van der Waals surface area contributed by atoms with Crippen LogP contribution in [0.4, 0.5) is 0 Å². The van der Waals surface area contributed by atoms with Gasteiger partial charge in [0.2, 0.25) is 0 Å². The van der Waals surface area contributed by atoms with E-state index in [-0.39, 0.29) is 0 Å². The molecule has 0 N–H and O–H groups in total. The standard InChI is InChI=1S/C22H18O2S/c1-23-19-8-5-15(6-9-19)21-11-12-22(25-21)18-4-3-17-14-20(24-2)10-7-16(17)13-18/h3-14H,1-2H3. The van der Waals surface area contributed by atoms with E-state index in [0.29, 0.717) is 0 Å². The minimum absolute atomic E-state index is 0.880. The maximum Gasteiger partial charge on any atom is 0.119 e. The Balaban J connectivity index is 1.68. The third-order valence-corrected chi connectivity index (χ3v) is 5.50. The van der Waals surface area contributed by atoms with E-state index < -0.39 is 0 Å². The molecule has 25 heavy (non-hydrogen) atoms. The van der Waals surface area contributed by atoms with Crippen LogP contribution in [-0.4, -0.2) is 14.2 Å². The van der Waals surface area contributed by atoms with Crippen LogP contribution in [0.25, 0.3) is 31.7 Å². The van der Waals surface area contributed by atoms with Gasteiger partial charge >= 0.3 is 0 Å². The molecular weight excluding hydrogens is 328 g/mol. The van der Waals surface area contributed by atoms with Crippen LogP contribution in [0.2, 0.25) is 0 Å². The zero-order valence-corrected chi connectivity index (χ0v) is 15.0. The smallest absolute Gasteiger partial charge is 0.119 e. The highest BCUT2D eigenvalue weighted by Gasteiger charge is 2.07. The molecule has 0 aliphatic heterocycles. The molecule has 0 saturated heterocycles. The Morgan fingerprint density at radius 1 is 0.560 bits per heavy atom. The van der Waals surface area contributed by atoms with Crippen molar-refractivity contribution in [1.29, 1.82) is 0 Å². The second kappa shape index (κ2) is 6.61. The van der Waals surface area contributed by atoms with Crippen LogP contribution >= 0.6 is 11.3 Å². The SMILES string of the molecule is COc1ccc(-c2ccc(-c3ccc4cc(OC)ccc4c3)s2)cc1. The van der Waals surface area contributed by atoms with Crippen molar-refractivity contribution in [2.24, 2.45) is 0 Å². The Morgan fingerprint density at radius 3 is 1.84 bits per heavy atom. The van der Waals surface area contributed by atoms with Crippen LogP contribution in [0.15, 0.2) is 72.8 Å². The summed E-state index contributed by atoms with van der Waals surface area (Å²) in [4.78, 5) is 2.52. The van der Waals surface area contributed by atoms with Crippen molar-refractivity contribution in [2.45, 2.75) is 0 Å². The average molecular weight is 346 g/mol. The number of rotatable bonds is 4. The van der Waals surface area contributed by atoms with Gasteiger partial charge in [-0.2, -0.15) is 0 Å². The maximum absolute atomic E-state index is 5.30. The summed E-state index contributed by atoms with van der Waals surface area (Å²) >= 11 is 1.80. The molecule has 0 unspecified atom stereocenters. The molecule has 3 aromatic carbocycles. The van der Waals surface area contributed by atoms with Gasteiger partial charge in [-0.3, -0.25) is 0 Å². The van der Waals surface area contributed by atoms with Gasteiger partial charge < -0.3 is 9.47 Å². The lowest BCUT2D eigenvalue weighted by Gasteiger charge is -2.05. The Morgan fingerprint density at radius 2 is 1.12 bits per heavy atom. The predicted octanol–water partition coefficient (Wildman–Crippen LogP) is 6.25. The summed E-state index contributed by atoms with van der Waals surface area (Å²) in [5, 5.41) is 2.41. The first-order valence-electron chi connectivity index (χ1n) is 8.09. The van der Waals surface area contributed by atoms with Crippen molar-refractivity contribution >= 4 is 22.1 Å². The Bertz CT molecular complexity index is 1020. The molecule has 0 spiro atoms. The normalized spacial score (nSPS) is 10.8. The number of benzene rings is 3. The van der Waals surface area contributed by atoms with Gasteiger partial charge in [-0.1, -0.05) is 18.2 Å². The highest BCUT2D eigenvalue weighted by Crippen LogP contribution is 2.36. The average Bonchev–Trinajstić information content (AvgIpc) is 3.17. The monoisotopic (exact) mass is 346 g/mol. The van der Waals surface area contributed by atoms with E-state index in [1.165, 1.54) is 31.7 Å². The molecule has 1 aromatic heterocycles. The van der Waals surface area contributed by atoms with Gasteiger partial charge in [-0.05, 0) is 76.5 Å². The molecule has 0 amide bonds. The number of methoxy groups -OCH3 is 2. The third-order valence-electron chi connectivity index (χ3n) is 4.31. The largest absolute Gasteiger partial charge is 0.497 e. The lowest BCUT2D eigenvalue weighted by atomic mass is 10.1. The maximum atomic E-state index is 5.30. The van der Waals surface area contributed by atoms with E-state index in [2.05, 4.69) is 54.6 Å². The Kier molecular flexibility index (Phi) is 4.16. The molecule has 0 bridgehead atoms. The molecule has 0 radical (unpaired) electrons. The zero-order valence-electron chi connectivity index (χ0n) is 14.2. The van der Waals surface area contributed by atoms with Crippen molar-refractivity contribution in [3.63, 3.8) is 0 Å². The van der Waals surface area contributed by atoms with E-state index in [9.17, 15) is 0 Å². The van der Waals surface area contributed by atoms with E-state index >= 15 is 0 Å². The molecule has 3 heteroatoms. The first kappa shape index (κ1) is 15.7. The summed E-state index contributed by atoms with van der Waals surface area (Å²) in [5.74, 6) is 1.77. The van der Waals surface area contributed by atoms with Crippen molar-refractivity contribution < 1.29 is 9.47 Å². The lowest BCUT2D eigenvalue weighted by molar-refractivity contribution is 0.415. The summed E-state index contributed by atoms with van der Waals surface area (Å²) < 4.78 is 10.5. The quantitative estimate of drug-likeness (QED) is 0.435.